The van der Waals surface area contributed by atoms with Crippen LogP contribution in [-0.2, 0) is 16.0 Å². The van der Waals surface area contributed by atoms with Gasteiger partial charge in [-0.1, -0.05) is 13.8 Å². The molecule has 2 aromatic carbocycles. The summed E-state index contributed by atoms with van der Waals surface area (Å²) in [5.74, 6) is -0.887. The summed E-state index contributed by atoms with van der Waals surface area (Å²) in [6.07, 6.45) is -0.147. The number of nitrogens with one attached hydrogen (secondary N) is 1. The van der Waals surface area contributed by atoms with E-state index in [0.29, 0.717) is 34.7 Å². The van der Waals surface area contributed by atoms with E-state index in [4.69, 9.17) is 9.84 Å². The molecule has 1 aliphatic rings. The third-order valence-electron chi connectivity index (χ3n) is 4.98. The third-order valence-corrected chi connectivity index (χ3v) is 4.98. The molecular weight excluding hydrogens is 374 g/mol. The van der Waals surface area contributed by atoms with Crippen LogP contribution in [0.15, 0.2) is 24.3 Å². The summed E-state index contributed by atoms with van der Waals surface area (Å²) in [6.45, 7) is 7.29. The summed E-state index contributed by atoms with van der Waals surface area (Å²) in [5.41, 5.74) is 2.33. The number of benzene rings is 2. The summed E-state index contributed by atoms with van der Waals surface area (Å²) < 4.78 is 6.13. The van der Waals surface area contributed by atoms with E-state index < -0.39 is 23.7 Å². The Morgan fingerprint density at radius 2 is 1.79 bits per heavy atom. The molecule has 3 rings (SSSR count). The van der Waals surface area contributed by atoms with Crippen LogP contribution in [0.25, 0.3) is 0 Å². The quantitative estimate of drug-likeness (QED) is 0.658. The lowest BCUT2D eigenvalue weighted by atomic mass is 9.89. The lowest BCUT2D eigenvalue weighted by molar-refractivity contribution is -0.139. The van der Waals surface area contributed by atoms with E-state index >= 15 is 0 Å². The number of aliphatic carboxylic acids is 1. The number of hydrogen-bond acceptors (Lipinski definition) is 5. The number of hydrogen-bond donors (Lipinski definition) is 3. The number of carbonyl (C=O) groups excluding carboxylic acids is 2. The summed E-state index contributed by atoms with van der Waals surface area (Å²) >= 11 is 0. The molecule has 29 heavy (non-hydrogen) atoms. The van der Waals surface area contributed by atoms with Gasteiger partial charge in [-0.2, -0.15) is 0 Å². The molecule has 0 atom stereocenters. The maximum Gasteiger partial charge on any atom is 0.312 e. The number of aryl methyl sites for hydroxylation is 2. The van der Waals surface area contributed by atoms with E-state index in [2.05, 4.69) is 5.32 Å². The first-order valence-corrected chi connectivity index (χ1v) is 9.20. The second-order valence-corrected chi connectivity index (χ2v) is 7.99. The molecular formula is C22H23NO6. The molecule has 0 unspecified atom stereocenters. The summed E-state index contributed by atoms with van der Waals surface area (Å²) in [5, 5.41) is 21.4. The van der Waals surface area contributed by atoms with Crippen molar-refractivity contribution in [1.29, 1.82) is 0 Å². The number of carboxylic acid groups (broad SMARTS) is 1. The van der Waals surface area contributed by atoms with Crippen molar-refractivity contribution in [2.45, 2.75) is 40.5 Å². The van der Waals surface area contributed by atoms with Crippen LogP contribution >= 0.6 is 0 Å². The Morgan fingerprint density at radius 1 is 1.17 bits per heavy atom. The number of anilines is 1. The molecule has 3 N–H and O–H groups in total. The minimum absolute atomic E-state index is 0.0483. The molecule has 7 heteroatoms. The van der Waals surface area contributed by atoms with Gasteiger partial charge in [0, 0.05) is 16.7 Å². The average molecular weight is 397 g/mol. The van der Waals surface area contributed by atoms with Gasteiger partial charge in [-0.05, 0) is 55.7 Å². The van der Waals surface area contributed by atoms with Gasteiger partial charge in [0.15, 0.2) is 5.78 Å². The molecule has 1 amide bonds. The largest absolute Gasteiger partial charge is 0.507 e. The van der Waals surface area contributed by atoms with Gasteiger partial charge in [-0.3, -0.25) is 14.4 Å². The normalized spacial score (nSPS) is 14.4. The number of phenols is 1. The van der Waals surface area contributed by atoms with E-state index in [1.165, 1.54) is 6.07 Å². The van der Waals surface area contributed by atoms with Gasteiger partial charge < -0.3 is 20.3 Å². The Morgan fingerprint density at radius 3 is 2.38 bits per heavy atom. The van der Waals surface area contributed by atoms with Crippen molar-refractivity contribution in [2.24, 2.45) is 5.41 Å². The zero-order valence-electron chi connectivity index (χ0n) is 16.8. The van der Waals surface area contributed by atoms with E-state index in [1.807, 2.05) is 27.7 Å². The molecule has 2 aromatic rings. The van der Waals surface area contributed by atoms with E-state index in [1.54, 1.807) is 18.2 Å². The molecule has 152 valence electrons. The van der Waals surface area contributed by atoms with E-state index in [-0.39, 0.29) is 11.5 Å². The SMILES string of the molecule is Cc1cc(NC(=O)CC(=O)O)cc(C)c1Oc1ccc(O)c2c1CC(C)(C)C2=O. The first-order valence-electron chi connectivity index (χ1n) is 9.20. The zero-order chi connectivity index (χ0) is 21.5. The van der Waals surface area contributed by atoms with Crippen molar-refractivity contribution >= 4 is 23.3 Å². The number of carboxylic acids is 1. The van der Waals surface area contributed by atoms with Gasteiger partial charge in [-0.15, -0.1) is 0 Å². The topological polar surface area (TPSA) is 113 Å². The molecule has 0 aromatic heterocycles. The zero-order valence-corrected chi connectivity index (χ0v) is 16.8. The second kappa shape index (κ2) is 7.24. The van der Waals surface area contributed by atoms with Gasteiger partial charge >= 0.3 is 5.97 Å². The molecule has 1 aliphatic carbocycles. The van der Waals surface area contributed by atoms with Crippen LogP contribution in [-0.4, -0.2) is 27.9 Å². The predicted molar refractivity (Wildman–Crippen MR) is 107 cm³/mol. The fraction of sp³-hybridized carbons (Fsp3) is 0.318. The van der Waals surface area contributed by atoms with Crippen molar-refractivity contribution in [1.82, 2.24) is 0 Å². The average Bonchev–Trinajstić information content (AvgIpc) is 2.82. The van der Waals surface area contributed by atoms with Crippen LogP contribution in [0.4, 0.5) is 5.69 Å². The van der Waals surface area contributed by atoms with Crippen LogP contribution in [0.2, 0.25) is 0 Å². The lowest BCUT2D eigenvalue weighted by Gasteiger charge is -2.17. The van der Waals surface area contributed by atoms with Crippen molar-refractivity contribution in [3.63, 3.8) is 0 Å². The molecule has 0 aliphatic heterocycles. The number of fused-ring (bicyclic) bond motifs is 1. The van der Waals surface area contributed by atoms with Crippen LogP contribution in [0.3, 0.4) is 0 Å². The van der Waals surface area contributed by atoms with E-state index in [9.17, 15) is 19.5 Å². The lowest BCUT2D eigenvalue weighted by Crippen LogP contribution is -2.18. The number of Topliss-reactive ketones (excluding diaryl/α,β-unsaturated/α-hetero) is 1. The van der Waals surface area contributed by atoms with Gasteiger partial charge in [0.1, 0.15) is 23.7 Å². The van der Waals surface area contributed by atoms with Crippen LogP contribution in [0.5, 0.6) is 17.2 Å². The standard InChI is InChI=1S/C22H23NO6/c1-11-7-13(23-17(25)9-18(26)27)8-12(2)20(11)29-16-6-5-15(24)19-14(16)10-22(3,4)21(19)28/h5-8,24H,9-10H2,1-4H3,(H,23,25)(H,26,27). The number of rotatable bonds is 5. The van der Waals surface area contributed by atoms with Gasteiger partial charge in [-0.25, -0.2) is 0 Å². The molecule has 0 fully saturated rings. The molecule has 0 saturated carbocycles. The summed E-state index contributed by atoms with van der Waals surface area (Å²) in [6, 6.07) is 6.48. The second-order valence-electron chi connectivity index (χ2n) is 7.99. The Labute approximate surface area is 168 Å². The highest BCUT2D eigenvalue weighted by Gasteiger charge is 2.41. The Balaban J connectivity index is 1.92. The maximum absolute atomic E-state index is 12.6. The van der Waals surface area contributed by atoms with Crippen molar-refractivity contribution in [3.8, 4) is 17.2 Å². The first-order chi connectivity index (χ1) is 13.5. The summed E-state index contributed by atoms with van der Waals surface area (Å²) in [7, 11) is 0. The highest BCUT2D eigenvalue weighted by molar-refractivity contribution is 6.07. The van der Waals surface area contributed by atoms with Crippen molar-refractivity contribution in [2.75, 3.05) is 5.32 Å². The number of ketones is 1. The van der Waals surface area contributed by atoms with Crippen molar-refractivity contribution < 1.29 is 29.3 Å². The van der Waals surface area contributed by atoms with Crippen molar-refractivity contribution in [3.05, 3.63) is 46.5 Å². The highest BCUT2D eigenvalue weighted by atomic mass is 16.5. The predicted octanol–water partition coefficient (Wildman–Crippen LogP) is 3.98. The smallest absolute Gasteiger partial charge is 0.312 e. The fourth-order valence-corrected chi connectivity index (χ4v) is 3.64. The number of amides is 1. The minimum Gasteiger partial charge on any atom is -0.507 e. The molecule has 0 radical (unpaired) electrons. The molecule has 0 heterocycles. The van der Waals surface area contributed by atoms with E-state index in [0.717, 1.165) is 11.1 Å². The monoisotopic (exact) mass is 397 g/mol. The minimum atomic E-state index is -1.20. The van der Waals surface area contributed by atoms with Gasteiger partial charge in [0.25, 0.3) is 0 Å². The first kappa shape index (κ1) is 20.4. The van der Waals surface area contributed by atoms with Gasteiger partial charge in [0.05, 0.1) is 5.56 Å². The van der Waals surface area contributed by atoms with Gasteiger partial charge in [0.2, 0.25) is 5.91 Å². The maximum atomic E-state index is 12.6. The Hall–Kier alpha value is -3.35. The fourth-order valence-electron chi connectivity index (χ4n) is 3.64. The summed E-state index contributed by atoms with van der Waals surface area (Å²) in [4.78, 5) is 35.0. The molecule has 0 spiro atoms. The number of phenolic OH excluding ortho intramolecular Hbond substituents is 1. The highest BCUT2D eigenvalue weighted by Crippen LogP contribution is 2.46. The number of ether oxygens (including phenoxy) is 1. The molecule has 0 bridgehead atoms. The Bertz CT molecular complexity index is 1010. The van der Waals surface area contributed by atoms with Crippen LogP contribution in [0, 0.1) is 19.3 Å². The molecule has 7 nitrogen and oxygen atoms in total. The van der Waals surface area contributed by atoms with Crippen LogP contribution < -0.4 is 10.1 Å². The number of carbonyl (C=O) groups is 3. The van der Waals surface area contributed by atoms with Crippen LogP contribution in [0.1, 0.15) is 47.3 Å². The Kier molecular flexibility index (Phi) is 5.09. The third kappa shape index (κ3) is 3.94. The molecule has 0 saturated heterocycles. The number of aromatic hydroxyl groups is 1.